The van der Waals surface area contributed by atoms with E-state index < -0.39 is 5.60 Å². The highest BCUT2D eigenvalue weighted by Gasteiger charge is 2.26. The van der Waals surface area contributed by atoms with Crippen molar-refractivity contribution in [3.8, 4) is 0 Å². The number of nitrogens with zero attached hydrogens (tertiary/aromatic N) is 1. The van der Waals surface area contributed by atoms with Gasteiger partial charge in [0.2, 0.25) is 0 Å². The van der Waals surface area contributed by atoms with Crippen LogP contribution in [-0.4, -0.2) is 42.3 Å². The number of ether oxygens (including phenoxy) is 1. The van der Waals surface area contributed by atoms with E-state index in [0.29, 0.717) is 6.04 Å². The standard InChI is InChI=1S/C12H24N2O2.ClH/c1-5-6-10-9-14(8-7-13-10)11(15)16-12(2,3)4;/h10,13H,5-9H2,1-4H3;1H. The van der Waals surface area contributed by atoms with Gasteiger partial charge in [0, 0.05) is 25.7 Å². The van der Waals surface area contributed by atoms with Gasteiger partial charge >= 0.3 is 6.09 Å². The van der Waals surface area contributed by atoms with Crippen LogP contribution in [-0.2, 0) is 4.74 Å². The van der Waals surface area contributed by atoms with E-state index in [1.807, 2.05) is 25.7 Å². The van der Waals surface area contributed by atoms with Gasteiger partial charge in [-0.1, -0.05) is 13.3 Å². The molecule has 0 spiro atoms. The van der Waals surface area contributed by atoms with E-state index in [2.05, 4.69) is 12.2 Å². The molecule has 102 valence electrons. The maximum atomic E-state index is 11.8. The molecule has 1 N–H and O–H groups in total. The lowest BCUT2D eigenvalue weighted by atomic mass is 10.1. The SMILES string of the molecule is CCCC1CN(C(=O)OC(C)(C)C)CCN1.Cl. The topological polar surface area (TPSA) is 41.6 Å². The Labute approximate surface area is 110 Å². The molecule has 1 saturated heterocycles. The lowest BCUT2D eigenvalue weighted by Gasteiger charge is -2.34. The number of carbonyl (C=O) groups is 1. The predicted octanol–water partition coefficient (Wildman–Crippen LogP) is 2.42. The van der Waals surface area contributed by atoms with Crippen LogP contribution in [0.4, 0.5) is 4.79 Å². The lowest BCUT2D eigenvalue weighted by Crippen LogP contribution is -2.53. The van der Waals surface area contributed by atoms with Gasteiger partial charge in [-0.15, -0.1) is 12.4 Å². The summed E-state index contributed by atoms with van der Waals surface area (Å²) in [6.07, 6.45) is 2.06. The molecule has 0 radical (unpaired) electrons. The first kappa shape index (κ1) is 16.5. The van der Waals surface area contributed by atoms with Crippen LogP contribution >= 0.6 is 12.4 Å². The Morgan fingerprint density at radius 3 is 2.65 bits per heavy atom. The minimum absolute atomic E-state index is 0. The van der Waals surface area contributed by atoms with E-state index in [1.54, 1.807) is 0 Å². The van der Waals surface area contributed by atoms with Gasteiger partial charge in [0.05, 0.1) is 0 Å². The van der Waals surface area contributed by atoms with Crippen LogP contribution in [0.2, 0.25) is 0 Å². The van der Waals surface area contributed by atoms with Crippen molar-refractivity contribution < 1.29 is 9.53 Å². The van der Waals surface area contributed by atoms with Crippen LogP contribution in [0.3, 0.4) is 0 Å². The summed E-state index contributed by atoms with van der Waals surface area (Å²) in [6, 6.07) is 0.422. The fourth-order valence-corrected chi connectivity index (χ4v) is 1.86. The number of hydrogen-bond acceptors (Lipinski definition) is 3. The molecule has 0 aromatic heterocycles. The Kier molecular flexibility index (Phi) is 6.87. The molecule has 0 aromatic rings. The second-order valence-electron chi connectivity index (χ2n) is 5.37. The summed E-state index contributed by atoms with van der Waals surface area (Å²) in [5, 5.41) is 3.42. The largest absolute Gasteiger partial charge is 0.444 e. The molecule has 17 heavy (non-hydrogen) atoms. The highest BCUT2D eigenvalue weighted by atomic mass is 35.5. The Morgan fingerprint density at radius 2 is 2.12 bits per heavy atom. The van der Waals surface area contributed by atoms with Gasteiger partial charge in [0.15, 0.2) is 0 Å². The minimum atomic E-state index is -0.401. The number of halogens is 1. The Bertz CT molecular complexity index is 239. The molecular formula is C12H25ClN2O2. The number of hydrogen-bond donors (Lipinski definition) is 1. The quantitative estimate of drug-likeness (QED) is 0.833. The van der Waals surface area contributed by atoms with E-state index in [0.717, 1.165) is 32.5 Å². The van der Waals surface area contributed by atoms with E-state index in [9.17, 15) is 4.79 Å². The van der Waals surface area contributed by atoms with Crippen molar-refractivity contribution in [2.45, 2.75) is 52.2 Å². The monoisotopic (exact) mass is 264 g/mol. The first-order chi connectivity index (χ1) is 7.42. The maximum absolute atomic E-state index is 11.8. The van der Waals surface area contributed by atoms with Gasteiger partial charge in [0.25, 0.3) is 0 Å². The number of piperazine rings is 1. The van der Waals surface area contributed by atoms with Gasteiger partial charge in [-0.05, 0) is 27.2 Å². The van der Waals surface area contributed by atoms with Crippen molar-refractivity contribution >= 4 is 18.5 Å². The van der Waals surface area contributed by atoms with Gasteiger partial charge in [-0.25, -0.2) is 4.79 Å². The zero-order valence-electron chi connectivity index (χ0n) is 11.3. The summed E-state index contributed by atoms with van der Waals surface area (Å²) in [5.41, 5.74) is -0.401. The third kappa shape index (κ3) is 6.13. The fourth-order valence-electron chi connectivity index (χ4n) is 1.86. The summed E-state index contributed by atoms with van der Waals surface area (Å²) in [6.45, 7) is 10.2. The molecule has 1 aliphatic rings. The third-order valence-electron chi connectivity index (χ3n) is 2.54. The van der Waals surface area contributed by atoms with Gasteiger partial charge in [-0.3, -0.25) is 0 Å². The molecule has 1 atom stereocenters. The molecule has 0 saturated carbocycles. The summed E-state index contributed by atoms with van der Waals surface area (Å²) < 4.78 is 5.36. The van der Waals surface area contributed by atoms with Gasteiger partial charge < -0.3 is 15.0 Å². The van der Waals surface area contributed by atoms with E-state index in [-0.39, 0.29) is 18.5 Å². The Balaban J connectivity index is 0.00000256. The predicted molar refractivity (Wildman–Crippen MR) is 71.8 cm³/mol. The van der Waals surface area contributed by atoms with Crippen molar-refractivity contribution in [1.82, 2.24) is 10.2 Å². The molecule has 0 aromatic carbocycles. The average Bonchev–Trinajstić information content (AvgIpc) is 2.16. The number of nitrogens with one attached hydrogen (secondary N) is 1. The van der Waals surface area contributed by atoms with Gasteiger partial charge in [0.1, 0.15) is 5.60 Å². The highest BCUT2D eigenvalue weighted by molar-refractivity contribution is 5.85. The van der Waals surface area contributed by atoms with Gasteiger partial charge in [-0.2, -0.15) is 0 Å². The number of carbonyl (C=O) groups excluding carboxylic acids is 1. The highest BCUT2D eigenvalue weighted by Crippen LogP contribution is 2.12. The van der Waals surface area contributed by atoms with Crippen LogP contribution < -0.4 is 5.32 Å². The Hall–Kier alpha value is -0.480. The fraction of sp³-hybridized carbons (Fsp3) is 0.917. The zero-order chi connectivity index (χ0) is 12.2. The summed E-state index contributed by atoms with van der Waals surface area (Å²) in [7, 11) is 0. The molecule has 4 nitrogen and oxygen atoms in total. The second-order valence-corrected chi connectivity index (χ2v) is 5.37. The molecular weight excluding hydrogens is 240 g/mol. The normalized spacial score (nSPS) is 20.7. The maximum Gasteiger partial charge on any atom is 0.410 e. The van der Waals surface area contributed by atoms with Crippen molar-refractivity contribution in [1.29, 1.82) is 0 Å². The molecule has 1 rings (SSSR count). The smallest absolute Gasteiger partial charge is 0.410 e. The summed E-state index contributed by atoms with van der Waals surface area (Å²) in [4.78, 5) is 13.6. The molecule has 1 heterocycles. The lowest BCUT2D eigenvalue weighted by molar-refractivity contribution is 0.0192. The first-order valence-electron chi connectivity index (χ1n) is 6.13. The molecule has 1 aliphatic heterocycles. The molecule has 5 heteroatoms. The van der Waals surface area contributed by atoms with Crippen LogP contribution in [0.15, 0.2) is 0 Å². The molecule has 0 aliphatic carbocycles. The average molecular weight is 265 g/mol. The second kappa shape index (κ2) is 7.07. The minimum Gasteiger partial charge on any atom is -0.444 e. The van der Waals surface area contributed by atoms with E-state index in [1.165, 1.54) is 0 Å². The van der Waals surface area contributed by atoms with Crippen molar-refractivity contribution in [2.75, 3.05) is 19.6 Å². The van der Waals surface area contributed by atoms with Crippen LogP contribution in [0.1, 0.15) is 40.5 Å². The number of rotatable bonds is 2. The van der Waals surface area contributed by atoms with Crippen LogP contribution in [0.5, 0.6) is 0 Å². The molecule has 1 amide bonds. The Morgan fingerprint density at radius 1 is 1.47 bits per heavy atom. The van der Waals surface area contributed by atoms with E-state index in [4.69, 9.17) is 4.74 Å². The van der Waals surface area contributed by atoms with E-state index >= 15 is 0 Å². The first-order valence-corrected chi connectivity index (χ1v) is 6.13. The molecule has 1 unspecified atom stereocenters. The zero-order valence-corrected chi connectivity index (χ0v) is 12.1. The van der Waals surface area contributed by atoms with Crippen molar-refractivity contribution in [3.05, 3.63) is 0 Å². The number of amides is 1. The van der Waals surface area contributed by atoms with Crippen molar-refractivity contribution in [2.24, 2.45) is 0 Å². The summed E-state index contributed by atoms with van der Waals surface area (Å²) in [5.74, 6) is 0. The molecule has 1 fully saturated rings. The third-order valence-corrected chi connectivity index (χ3v) is 2.54. The summed E-state index contributed by atoms with van der Waals surface area (Å²) >= 11 is 0. The van der Waals surface area contributed by atoms with Crippen molar-refractivity contribution in [3.63, 3.8) is 0 Å². The van der Waals surface area contributed by atoms with Crippen LogP contribution in [0.25, 0.3) is 0 Å². The molecule has 0 bridgehead atoms. The van der Waals surface area contributed by atoms with Crippen LogP contribution in [0, 0.1) is 0 Å².